The fraction of sp³-hybridized carbons (Fsp3) is 0.579. The number of aliphatic hydroxyl groups excluding tert-OH is 1. The molecule has 2 bridgehead atoms. The van der Waals surface area contributed by atoms with Gasteiger partial charge in [-0.1, -0.05) is 69.7 Å². The summed E-state index contributed by atoms with van der Waals surface area (Å²) in [6.07, 6.45) is 4.57. The van der Waals surface area contributed by atoms with Crippen molar-refractivity contribution < 1.29 is 5.11 Å². The predicted molar refractivity (Wildman–Crippen MR) is 83.6 cm³/mol. The number of hydrogen-bond donors (Lipinski definition) is 1. The lowest BCUT2D eigenvalue weighted by molar-refractivity contribution is 0.0752. The molecule has 1 N–H and O–H groups in total. The van der Waals surface area contributed by atoms with Gasteiger partial charge >= 0.3 is 0 Å². The molecule has 20 heavy (non-hydrogen) atoms. The van der Waals surface area contributed by atoms with Crippen molar-refractivity contribution in [2.24, 2.45) is 16.7 Å². The fourth-order valence-corrected chi connectivity index (χ4v) is 4.70. The third kappa shape index (κ3) is 1.79. The highest BCUT2D eigenvalue weighted by atomic mass is 16.3. The summed E-state index contributed by atoms with van der Waals surface area (Å²) in [7, 11) is 0. The van der Waals surface area contributed by atoms with Crippen LogP contribution in [0, 0.1) is 16.7 Å². The number of benzene rings is 1. The van der Waals surface area contributed by atoms with E-state index in [1.807, 2.05) is 0 Å². The van der Waals surface area contributed by atoms with Crippen LogP contribution in [0.5, 0.6) is 0 Å². The van der Waals surface area contributed by atoms with E-state index in [1.165, 1.54) is 17.6 Å². The third-order valence-corrected chi connectivity index (χ3v) is 5.99. The van der Waals surface area contributed by atoms with Crippen LogP contribution in [0.3, 0.4) is 0 Å². The van der Waals surface area contributed by atoms with Crippen LogP contribution in [0.4, 0.5) is 0 Å². The summed E-state index contributed by atoms with van der Waals surface area (Å²) in [4.78, 5) is 0. The minimum absolute atomic E-state index is 0.00277. The summed E-state index contributed by atoms with van der Waals surface area (Å²) in [5.74, 6) is 0.843. The molecule has 0 radical (unpaired) electrons. The zero-order valence-corrected chi connectivity index (χ0v) is 13.1. The Hall–Kier alpha value is -1.08. The van der Waals surface area contributed by atoms with Gasteiger partial charge in [0.15, 0.2) is 0 Å². The monoisotopic (exact) mass is 270 g/mol. The third-order valence-electron chi connectivity index (χ3n) is 5.99. The Balaban J connectivity index is 1.99. The van der Waals surface area contributed by atoms with Crippen LogP contribution in [0.25, 0.3) is 0 Å². The first kappa shape index (κ1) is 13.9. The second kappa shape index (κ2) is 4.46. The van der Waals surface area contributed by atoms with Gasteiger partial charge in [0.05, 0.1) is 6.10 Å². The highest BCUT2D eigenvalue weighted by molar-refractivity contribution is 5.37. The first-order chi connectivity index (χ1) is 9.37. The van der Waals surface area contributed by atoms with E-state index in [9.17, 15) is 5.11 Å². The van der Waals surface area contributed by atoms with Gasteiger partial charge in [0, 0.05) is 5.41 Å². The zero-order chi connectivity index (χ0) is 14.5. The zero-order valence-electron chi connectivity index (χ0n) is 13.1. The minimum Gasteiger partial charge on any atom is -0.392 e. The van der Waals surface area contributed by atoms with Crippen LogP contribution in [0.2, 0.25) is 0 Å². The fourth-order valence-electron chi connectivity index (χ4n) is 4.70. The van der Waals surface area contributed by atoms with E-state index in [4.69, 9.17) is 0 Å². The Morgan fingerprint density at radius 1 is 1.20 bits per heavy atom. The van der Waals surface area contributed by atoms with Crippen molar-refractivity contribution >= 4 is 0 Å². The van der Waals surface area contributed by atoms with E-state index in [0.29, 0.717) is 11.8 Å². The molecule has 0 spiro atoms. The van der Waals surface area contributed by atoms with Crippen LogP contribution in [0.1, 0.15) is 52.0 Å². The SMILES string of the molecule is CC(/C=C1/C(C)(C)[C@@H]2CC[C@@]1(C)[C@H]2O)c1ccccc1. The van der Waals surface area contributed by atoms with Gasteiger partial charge in [-0.25, -0.2) is 0 Å². The van der Waals surface area contributed by atoms with Gasteiger partial charge in [-0.15, -0.1) is 0 Å². The normalized spacial score (nSPS) is 38.4. The number of fused-ring (bicyclic) bond motifs is 2. The van der Waals surface area contributed by atoms with Gasteiger partial charge in [0.25, 0.3) is 0 Å². The Bertz CT molecular complexity index is 528. The molecule has 3 rings (SSSR count). The first-order valence-corrected chi connectivity index (χ1v) is 7.83. The van der Waals surface area contributed by atoms with Crippen molar-refractivity contribution in [2.45, 2.75) is 52.6 Å². The standard InChI is InChI=1S/C19H26O/c1-13(14-8-6-5-7-9-14)12-16-18(2,3)15-10-11-19(16,4)17(15)20/h5-9,12-13,15,17,20H,10-11H2,1-4H3/b16-12-/t13?,15-,17+,19-/m1/s1. The average Bonchev–Trinajstić information content (AvgIpc) is 2.79. The van der Waals surface area contributed by atoms with E-state index in [2.05, 4.69) is 64.1 Å². The Morgan fingerprint density at radius 2 is 1.85 bits per heavy atom. The van der Waals surface area contributed by atoms with Crippen LogP contribution in [0.15, 0.2) is 42.0 Å². The summed E-state index contributed by atoms with van der Waals surface area (Å²) >= 11 is 0. The van der Waals surface area contributed by atoms with Gasteiger partial charge in [-0.2, -0.15) is 0 Å². The molecule has 0 heterocycles. The van der Waals surface area contributed by atoms with E-state index in [0.717, 1.165) is 6.42 Å². The molecular formula is C19H26O. The Kier molecular flexibility index (Phi) is 3.10. The number of allylic oxidation sites excluding steroid dienone is 1. The molecular weight excluding hydrogens is 244 g/mol. The highest BCUT2D eigenvalue weighted by Crippen LogP contribution is 2.66. The van der Waals surface area contributed by atoms with Crippen molar-refractivity contribution in [3.8, 4) is 0 Å². The number of aliphatic hydroxyl groups is 1. The van der Waals surface area contributed by atoms with E-state index < -0.39 is 0 Å². The van der Waals surface area contributed by atoms with Crippen LogP contribution < -0.4 is 0 Å². The average molecular weight is 270 g/mol. The Labute approximate surface area is 122 Å². The summed E-state index contributed by atoms with van der Waals surface area (Å²) in [6, 6.07) is 10.7. The van der Waals surface area contributed by atoms with Crippen molar-refractivity contribution in [3.05, 3.63) is 47.5 Å². The van der Waals surface area contributed by atoms with Crippen molar-refractivity contribution in [2.75, 3.05) is 0 Å². The van der Waals surface area contributed by atoms with E-state index >= 15 is 0 Å². The first-order valence-electron chi connectivity index (χ1n) is 7.83. The lowest BCUT2D eigenvalue weighted by atomic mass is 9.67. The molecule has 0 aliphatic heterocycles. The van der Waals surface area contributed by atoms with Crippen LogP contribution >= 0.6 is 0 Å². The topological polar surface area (TPSA) is 20.2 Å². The largest absolute Gasteiger partial charge is 0.392 e. The van der Waals surface area contributed by atoms with Gasteiger partial charge < -0.3 is 5.11 Å². The molecule has 2 aliphatic carbocycles. The van der Waals surface area contributed by atoms with Crippen molar-refractivity contribution in [3.63, 3.8) is 0 Å². The molecule has 108 valence electrons. The molecule has 0 aromatic heterocycles. The summed E-state index contributed by atoms with van der Waals surface area (Å²) in [5, 5.41) is 10.6. The maximum absolute atomic E-state index is 10.6. The van der Waals surface area contributed by atoms with Gasteiger partial charge in [0.2, 0.25) is 0 Å². The van der Waals surface area contributed by atoms with Gasteiger partial charge in [0.1, 0.15) is 0 Å². The maximum atomic E-state index is 10.6. The lowest BCUT2D eigenvalue weighted by Gasteiger charge is -2.37. The summed E-state index contributed by atoms with van der Waals surface area (Å²) in [5.41, 5.74) is 2.97. The van der Waals surface area contributed by atoms with Crippen LogP contribution in [-0.4, -0.2) is 11.2 Å². The predicted octanol–water partition coefficient (Wildman–Crippen LogP) is 4.53. The summed E-state index contributed by atoms with van der Waals surface area (Å²) < 4.78 is 0. The maximum Gasteiger partial charge on any atom is 0.0667 e. The molecule has 2 fully saturated rings. The van der Waals surface area contributed by atoms with Crippen molar-refractivity contribution in [1.29, 1.82) is 0 Å². The highest BCUT2D eigenvalue weighted by Gasteiger charge is 2.61. The molecule has 1 aromatic carbocycles. The van der Waals surface area contributed by atoms with Gasteiger partial charge in [-0.3, -0.25) is 0 Å². The molecule has 4 atom stereocenters. The quantitative estimate of drug-likeness (QED) is 0.783. The van der Waals surface area contributed by atoms with Crippen molar-refractivity contribution in [1.82, 2.24) is 0 Å². The molecule has 0 saturated heterocycles. The second-order valence-electron chi connectivity index (χ2n) is 7.51. The molecule has 1 heteroatoms. The smallest absolute Gasteiger partial charge is 0.0667 e. The number of hydrogen-bond acceptors (Lipinski definition) is 1. The molecule has 1 nitrogen and oxygen atoms in total. The van der Waals surface area contributed by atoms with Crippen LogP contribution in [-0.2, 0) is 0 Å². The van der Waals surface area contributed by atoms with E-state index in [-0.39, 0.29) is 16.9 Å². The molecule has 1 unspecified atom stereocenters. The van der Waals surface area contributed by atoms with Gasteiger partial charge in [-0.05, 0) is 35.7 Å². The number of rotatable bonds is 2. The molecule has 1 aromatic rings. The molecule has 2 aliphatic rings. The van der Waals surface area contributed by atoms with E-state index in [1.54, 1.807) is 0 Å². The lowest BCUT2D eigenvalue weighted by Crippen LogP contribution is -2.27. The Morgan fingerprint density at radius 3 is 2.40 bits per heavy atom. The second-order valence-corrected chi connectivity index (χ2v) is 7.51. The minimum atomic E-state index is -0.160. The molecule has 2 saturated carbocycles. The molecule has 0 amide bonds. The summed E-state index contributed by atoms with van der Waals surface area (Å²) in [6.45, 7) is 9.15.